The average molecular weight is 387 g/mol. The fraction of sp³-hybridized carbons (Fsp3) is 0.300. The van der Waals surface area contributed by atoms with E-state index in [2.05, 4.69) is 0 Å². The molecule has 3 rings (SSSR count). The van der Waals surface area contributed by atoms with E-state index in [4.69, 9.17) is 0 Å². The quantitative estimate of drug-likeness (QED) is 0.633. The molecule has 142 valence electrons. The largest absolute Gasteiger partial charge is 0.294 e. The van der Waals surface area contributed by atoms with Crippen molar-refractivity contribution in [3.63, 3.8) is 0 Å². The summed E-state index contributed by atoms with van der Waals surface area (Å²) in [6, 6.07) is 9.13. The van der Waals surface area contributed by atoms with E-state index in [0.717, 1.165) is 28.2 Å². The minimum Gasteiger partial charge on any atom is -0.282 e. The van der Waals surface area contributed by atoms with Gasteiger partial charge >= 0.3 is 0 Å². The normalized spacial score (nSPS) is 14.4. The van der Waals surface area contributed by atoms with Crippen LogP contribution < -0.4 is 4.90 Å². The molecule has 0 saturated carbocycles. The van der Waals surface area contributed by atoms with E-state index in [1.165, 1.54) is 6.07 Å². The van der Waals surface area contributed by atoms with Gasteiger partial charge in [0.05, 0.1) is 21.7 Å². The van der Waals surface area contributed by atoms with Crippen molar-refractivity contribution in [1.29, 1.82) is 0 Å². The van der Waals surface area contributed by atoms with Gasteiger partial charge in [-0.15, -0.1) is 0 Å². The summed E-state index contributed by atoms with van der Waals surface area (Å²) in [6.45, 7) is 7.93. The molecule has 2 aromatic rings. The topological polar surface area (TPSA) is 91.8 Å². The second kappa shape index (κ2) is 6.58. The third-order valence-corrected chi connectivity index (χ3v) is 5.57. The summed E-state index contributed by atoms with van der Waals surface area (Å²) in [5.41, 5.74) is 2.39. The molecule has 1 N–H and O–H groups in total. The summed E-state index contributed by atoms with van der Waals surface area (Å²) >= 11 is 0. The molecule has 0 unspecified atom stereocenters. The fourth-order valence-electron chi connectivity index (χ4n) is 3.35. The highest BCUT2D eigenvalue weighted by atomic mass is 32.2. The number of hydrogen-bond acceptors (Lipinski definition) is 4. The van der Waals surface area contributed by atoms with Gasteiger partial charge in [0.25, 0.3) is 21.9 Å². The summed E-state index contributed by atoms with van der Waals surface area (Å²) in [6.07, 6.45) is 0. The molecule has 1 aliphatic heterocycles. The van der Waals surface area contributed by atoms with Crippen LogP contribution in [0.4, 0.5) is 5.69 Å². The maximum atomic E-state index is 13.1. The Bertz CT molecular complexity index is 1030. The van der Waals surface area contributed by atoms with Gasteiger partial charge in [0.1, 0.15) is 0 Å². The van der Waals surface area contributed by atoms with Crippen molar-refractivity contribution in [3.8, 4) is 0 Å². The summed E-state index contributed by atoms with van der Waals surface area (Å²) < 4.78 is 32.1. The first-order valence-corrected chi connectivity index (χ1v) is 10.1. The lowest BCUT2D eigenvalue weighted by molar-refractivity contribution is 0.0925. The number of imide groups is 1. The first-order chi connectivity index (χ1) is 12.5. The molecular weight excluding hydrogens is 366 g/mol. The van der Waals surface area contributed by atoms with Crippen molar-refractivity contribution in [2.45, 2.75) is 44.4 Å². The third kappa shape index (κ3) is 3.17. The second-order valence-electron chi connectivity index (χ2n) is 7.22. The zero-order valence-corrected chi connectivity index (χ0v) is 16.4. The van der Waals surface area contributed by atoms with Crippen molar-refractivity contribution < 1.29 is 22.6 Å². The fourth-order valence-corrected chi connectivity index (χ4v) is 3.86. The number of benzene rings is 2. The van der Waals surface area contributed by atoms with Crippen molar-refractivity contribution in [2.75, 3.05) is 4.90 Å². The van der Waals surface area contributed by atoms with Crippen LogP contribution in [-0.4, -0.2) is 24.8 Å². The molecule has 2 amide bonds. The van der Waals surface area contributed by atoms with Crippen LogP contribution in [0.3, 0.4) is 0 Å². The number of anilines is 1. The molecule has 0 bridgehead atoms. The van der Waals surface area contributed by atoms with E-state index >= 15 is 0 Å². The van der Waals surface area contributed by atoms with E-state index in [9.17, 15) is 22.6 Å². The van der Waals surface area contributed by atoms with Crippen molar-refractivity contribution in [1.82, 2.24) is 0 Å². The average Bonchev–Trinajstić information content (AvgIpc) is 2.83. The summed E-state index contributed by atoms with van der Waals surface area (Å²) in [5, 5.41) is 0. The number of rotatable bonds is 4. The lowest BCUT2D eigenvalue weighted by atomic mass is 9.92. The first kappa shape index (κ1) is 19.3. The number of hydrogen-bond donors (Lipinski definition) is 1. The van der Waals surface area contributed by atoms with Crippen LogP contribution in [0, 0.1) is 0 Å². The summed E-state index contributed by atoms with van der Waals surface area (Å²) in [7, 11) is -4.47. The predicted molar refractivity (Wildman–Crippen MR) is 102 cm³/mol. The Morgan fingerprint density at radius 3 is 1.85 bits per heavy atom. The molecule has 7 heteroatoms. The number of amides is 2. The molecule has 27 heavy (non-hydrogen) atoms. The van der Waals surface area contributed by atoms with Gasteiger partial charge in [-0.25, -0.2) is 4.90 Å². The number of carbonyl (C=O) groups is 2. The van der Waals surface area contributed by atoms with Crippen molar-refractivity contribution in [2.24, 2.45) is 0 Å². The highest BCUT2D eigenvalue weighted by Gasteiger charge is 2.40. The molecule has 0 fully saturated rings. The maximum Gasteiger partial charge on any atom is 0.294 e. The minimum absolute atomic E-state index is 0.0246. The van der Waals surface area contributed by atoms with E-state index in [1.807, 2.05) is 45.9 Å². The molecule has 0 spiro atoms. The number of para-hydroxylation sites is 1. The minimum atomic E-state index is -4.47. The number of fused-ring (bicyclic) bond motifs is 1. The summed E-state index contributed by atoms with van der Waals surface area (Å²) in [5.74, 6) is -0.921. The molecule has 1 heterocycles. The third-order valence-electron chi connectivity index (χ3n) is 4.72. The van der Waals surface area contributed by atoms with Gasteiger partial charge in [-0.05, 0) is 41.2 Å². The Morgan fingerprint density at radius 1 is 0.852 bits per heavy atom. The van der Waals surface area contributed by atoms with Crippen LogP contribution in [0.1, 0.15) is 71.4 Å². The van der Waals surface area contributed by atoms with Crippen LogP contribution in [-0.2, 0) is 10.1 Å². The van der Waals surface area contributed by atoms with Crippen LogP contribution in [0.2, 0.25) is 0 Å². The number of carbonyl (C=O) groups excluding carboxylic acids is 2. The Kier molecular flexibility index (Phi) is 4.69. The van der Waals surface area contributed by atoms with Gasteiger partial charge in [-0.1, -0.05) is 45.9 Å². The van der Waals surface area contributed by atoms with E-state index in [1.54, 1.807) is 0 Å². The van der Waals surface area contributed by atoms with Crippen LogP contribution >= 0.6 is 0 Å². The van der Waals surface area contributed by atoms with E-state index in [0.29, 0.717) is 5.69 Å². The Morgan fingerprint density at radius 2 is 1.37 bits per heavy atom. The Balaban J connectivity index is 2.23. The molecule has 0 radical (unpaired) electrons. The van der Waals surface area contributed by atoms with E-state index < -0.39 is 26.8 Å². The van der Waals surface area contributed by atoms with Crippen LogP contribution in [0.25, 0.3) is 0 Å². The molecule has 0 atom stereocenters. The zero-order chi connectivity index (χ0) is 20.1. The van der Waals surface area contributed by atoms with Crippen LogP contribution in [0.5, 0.6) is 0 Å². The Labute approximate surface area is 158 Å². The lowest BCUT2D eigenvalue weighted by Crippen LogP contribution is -2.31. The Hall–Kier alpha value is -2.51. The van der Waals surface area contributed by atoms with E-state index in [-0.39, 0.29) is 23.0 Å². The highest BCUT2D eigenvalue weighted by molar-refractivity contribution is 7.85. The molecule has 2 aromatic carbocycles. The molecular formula is C20H21NO5S. The van der Waals surface area contributed by atoms with Gasteiger partial charge in [-0.3, -0.25) is 14.1 Å². The highest BCUT2D eigenvalue weighted by Crippen LogP contribution is 2.39. The molecule has 6 nitrogen and oxygen atoms in total. The van der Waals surface area contributed by atoms with Crippen molar-refractivity contribution >= 4 is 27.6 Å². The van der Waals surface area contributed by atoms with Gasteiger partial charge in [0.15, 0.2) is 0 Å². The van der Waals surface area contributed by atoms with Gasteiger partial charge in [0, 0.05) is 0 Å². The van der Waals surface area contributed by atoms with Gasteiger partial charge in [-0.2, -0.15) is 8.42 Å². The first-order valence-electron chi connectivity index (χ1n) is 8.67. The van der Waals surface area contributed by atoms with Crippen LogP contribution in [0.15, 0.2) is 41.3 Å². The lowest BCUT2D eigenvalue weighted by Gasteiger charge is -2.25. The van der Waals surface area contributed by atoms with Crippen molar-refractivity contribution in [3.05, 3.63) is 58.7 Å². The smallest absolute Gasteiger partial charge is 0.282 e. The maximum absolute atomic E-state index is 13.1. The standard InChI is InChI=1S/C20H21NO5S/c1-11(2)14-6-5-7-15(12(3)4)18(14)21-19(22)16-9-8-13(27(24,25)26)10-17(16)20(21)23/h5-12H,1-4H3,(H,24,25,26). The summed E-state index contributed by atoms with van der Waals surface area (Å²) in [4.78, 5) is 26.8. The molecule has 1 aliphatic rings. The molecule has 0 saturated heterocycles. The van der Waals surface area contributed by atoms with Gasteiger partial charge in [0.2, 0.25) is 0 Å². The second-order valence-corrected chi connectivity index (χ2v) is 8.64. The molecule has 0 aliphatic carbocycles. The predicted octanol–water partition coefficient (Wildman–Crippen LogP) is 3.98. The monoisotopic (exact) mass is 387 g/mol. The SMILES string of the molecule is CC(C)c1cccc(C(C)C)c1N1C(=O)c2ccc(S(=O)(=O)O)cc2C1=O. The molecule has 0 aromatic heterocycles. The van der Waals surface area contributed by atoms with Gasteiger partial charge < -0.3 is 0 Å². The number of nitrogens with zero attached hydrogens (tertiary/aromatic N) is 1. The zero-order valence-electron chi connectivity index (χ0n) is 15.6.